The Morgan fingerprint density at radius 1 is 1.12 bits per heavy atom. The van der Waals surface area contributed by atoms with Crippen LogP contribution in [0.3, 0.4) is 0 Å². The molecule has 8 nitrogen and oxygen atoms in total. The summed E-state index contributed by atoms with van der Waals surface area (Å²) < 4.78 is 5.35. The fraction of sp³-hybridized carbons (Fsp3) is 0.654. The summed E-state index contributed by atoms with van der Waals surface area (Å²) in [6.45, 7) is 14.9. The predicted octanol–water partition coefficient (Wildman–Crippen LogP) is 3.63. The topological polar surface area (TPSA) is 108 Å². The second-order valence-electron chi connectivity index (χ2n) is 10.0. The van der Waals surface area contributed by atoms with E-state index in [9.17, 15) is 19.5 Å². The standard InChI is InChI=1S/C26H43N3O5/c1-9-10-13-27-23(31)22(20-12-11-18(4)19(5)16-20)29(14-15-30)24(32)21(17(2)3)28-25(33)34-26(6,7)8/h11-12,16-17,21-22,30H,9-10,13-15H2,1-8H3,(H,27,31)(H,28,33). The third kappa shape index (κ3) is 8.97. The summed E-state index contributed by atoms with van der Waals surface area (Å²) >= 11 is 0. The molecular weight excluding hydrogens is 434 g/mol. The molecule has 0 saturated carbocycles. The Labute approximate surface area is 204 Å². The van der Waals surface area contributed by atoms with Gasteiger partial charge in [0.1, 0.15) is 17.7 Å². The number of amides is 3. The average molecular weight is 478 g/mol. The van der Waals surface area contributed by atoms with Crippen molar-refractivity contribution in [1.29, 1.82) is 0 Å². The fourth-order valence-corrected chi connectivity index (χ4v) is 3.49. The van der Waals surface area contributed by atoms with Gasteiger partial charge in [-0.15, -0.1) is 0 Å². The highest BCUT2D eigenvalue weighted by Gasteiger charge is 2.37. The molecule has 8 heteroatoms. The first-order valence-corrected chi connectivity index (χ1v) is 12.1. The summed E-state index contributed by atoms with van der Waals surface area (Å²) in [5.74, 6) is -1.05. The Hall–Kier alpha value is -2.61. The number of unbranched alkanes of at least 4 members (excludes halogenated alkanes) is 1. The summed E-state index contributed by atoms with van der Waals surface area (Å²) in [5.41, 5.74) is 1.99. The summed E-state index contributed by atoms with van der Waals surface area (Å²) in [6.07, 6.45) is 1.02. The third-order valence-corrected chi connectivity index (χ3v) is 5.47. The molecule has 0 aliphatic carbocycles. The average Bonchev–Trinajstić information content (AvgIpc) is 2.72. The Kier molecular flexibility index (Phi) is 11.5. The molecule has 0 spiro atoms. The molecule has 0 aliphatic heterocycles. The Morgan fingerprint density at radius 3 is 2.26 bits per heavy atom. The van der Waals surface area contributed by atoms with Crippen LogP contribution in [0.15, 0.2) is 18.2 Å². The molecular formula is C26H43N3O5. The molecule has 0 aliphatic rings. The number of aliphatic hydroxyl groups is 1. The minimum Gasteiger partial charge on any atom is -0.444 e. The number of nitrogens with zero attached hydrogens (tertiary/aromatic N) is 1. The van der Waals surface area contributed by atoms with E-state index in [2.05, 4.69) is 10.6 Å². The third-order valence-electron chi connectivity index (χ3n) is 5.47. The number of ether oxygens (including phenoxy) is 1. The Bertz CT molecular complexity index is 832. The molecule has 192 valence electrons. The normalized spacial score (nSPS) is 13.2. The second-order valence-corrected chi connectivity index (χ2v) is 10.0. The minimum absolute atomic E-state index is 0.0587. The zero-order chi connectivity index (χ0) is 26.1. The van der Waals surface area contributed by atoms with Crippen molar-refractivity contribution in [3.8, 4) is 0 Å². The number of aliphatic hydroxyl groups excluding tert-OH is 1. The van der Waals surface area contributed by atoms with Gasteiger partial charge in [0.25, 0.3) is 0 Å². The Balaban J connectivity index is 3.40. The molecule has 3 N–H and O–H groups in total. The van der Waals surface area contributed by atoms with Crippen molar-refractivity contribution in [1.82, 2.24) is 15.5 Å². The van der Waals surface area contributed by atoms with Crippen LogP contribution in [0, 0.1) is 19.8 Å². The molecule has 0 heterocycles. The molecule has 2 atom stereocenters. The zero-order valence-corrected chi connectivity index (χ0v) is 22.0. The van der Waals surface area contributed by atoms with Gasteiger partial charge < -0.3 is 25.4 Å². The molecule has 0 radical (unpaired) electrons. The number of hydrogen-bond donors (Lipinski definition) is 3. The first kappa shape index (κ1) is 29.4. The van der Waals surface area contributed by atoms with Crippen molar-refractivity contribution in [3.63, 3.8) is 0 Å². The lowest BCUT2D eigenvalue weighted by Crippen LogP contribution is -2.55. The maximum Gasteiger partial charge on any atom is 0.408 e. The first-order valence-electron chi connectivity index (χ1n) is 12.1. The maximum atomic E-state index is 13.7. The van der Waals surface area contributed by atoms with Gasteiger partial charge in [-0.2, -0.15) is 0 Å². The SMILES string of the molecule is CCCCNC(=O)C(c1ccc(C)c(C)c1)N(CCO)C(=O)C(NC(=O)OC(C)(C)C)C(C)C. The molecule has 0 saturated heterocycles. The number of benzene rings is 1. The number of alkyl carbamates (subject to hydrolysis) is 1. The van der Waals surface area contributed by atoms with Gasteiger partial charge in [-0.3, -0.25) is 9.59 Å². The van der Waals surface area contributed by atoms with E-state index in [1.165, 1.54) is 4.90 Å². The van der Waals surface area contributed by atoms with Crippen molar-refractivity contribution in [2.45, 2.75) is 85.9 Å². The van der Waals surface area contributed by atoms with E-state index in [0.717, 1.165) is 24.0 Å². The highest BCUT2D eigenvalue weighted by Crippen LogP contribution is 2.25. The van der Waals surface area contributed by atoms with Crippen molar-refractivity contribution in [2.24, 2.45) is 5.92 Å². The van der Waals surface area contributed by atoms with Crippen molar-refractivity contribution in [3.05, 3.63) is 34.9 Å². The van der Waals surface area contributed by atoms with Gasteiger partial charge in [-0.25, -0.2) is 4.79 Å². The quantitative estimate of drug-likeness (QED) is 0.422. The number of nitrogens with one attached hydrogen (secondary N) is 2. The van der Waals surface area contributed by atoms with Crippen molar-refractivity contribution < 1.29 is 24.2 Å². The van der Waals surface area contributed by atoms with Crippen LogP contribution in [-0.4, -0.2) is 59.3 Å². The number of hydrogen-bond acceptors (Lipinski definition) is 5. The summed E-state index contributed by atoms with van der Waals surface area (Å²) in [4.78, 5) is 40.9. The Morgan fingerprint density at radius 2 is 1.76 bits per heavy atom. The van der Waals surface area contributed by atoms with E-state index in [0.29, 0.717) is 12.1 Å². The van der Waals surface area contributed by atoms with Crippen LogP contribution >= 0.6 is 0 Å². The number of carbonyl (C=O) groups is 3. The van der Waals surface area contributed by atoms with E-state index in [1.807, 2.05) is 52.8 Å². The summed E-state index contributed by atoms with van der Waals surface area (Å²) in [5, 5.41) is 15.4. The molecule has 0 bridgehead atoms. The first-order chi connectivity index (χ1) is 15.8. The van der Waals surface area contributed by atoms with Crippen molar-refractivity contribution in [2.75, 3.05) is 19.7 Å². The van der Waals surface area contributed by atoms with E-state index >= 15 is 0 Å². The van der Waals surface area contributed by atoms with Gasteiger partial charge in [0.05, 0.1) is 6.61 Å². The monoisotopic (exact) mass is 477 g/mol. The molecule has 1 aromatic rings. The van der Waals surface area contributed by atoms with Gasteiger partial charge >= 0.3 is 6.09 Å². The lowest BCUT2D eigenvalue weighted by atomic mass is 9.96. The summed E-state index contributed by atoms with van der Waals surface area (Å²) in [6, 6.07) is 3.76. The van der Waals surface area contributed by atoms with E-state index < -0.39 is 29.7 Å². The molecule has 3 amide bonds. The van der Waals surface area contributed by atoms with E-state index in [-0.39, 0.29) is 25.0 Å². The number of aryl methyl sites for hydroxylation is 2. The molecule has 1 aromatic carbocycles. The highest BCUT2D eigenvalue weighted by atomic mass is 16.6. The van der Waals surface area contributed by atoms with Crippen LogP contribution in [0.2, 0.25) is 0 Å². The van der Waals surface area contributed by atoms with Gasteiger partial charge in [0.2, 0.25) is 11.8 Å². The number of rotatable bonds is 11. The lowest BCUT2D eigenvalue weighted by molar-refractivity contribution is -0.143. The van der Waals surface area contributed by atoms with Crippen LogP contribution in [0.25, 0.3) is 0 Å². The molecule has 0 fully saturated rings. The molecule has 0 aromatic heterocycles. The second kappa shape index (κ2) is 13.3. The van der Waals surface area contributed by atoms with Crippen LogP contribution in [-0.2, 0) is 14.3 Å². The predicted molar refractivity (Wildman–Crippen MR) is 133 cm³/mol. The van der Waals surface area contributed by atoms with Crippen molar-refractivity contribution >= 4 is 17.9 Å². The van der Waals surface area contributed by atoms with Crippen LogP contribution < -0.4 is 10.6 Å². The highest BCUT2D eigenvalue weighted by molar-refractivity contribution is 5.92. The lowest BCUT2D eigenvalue weighted by Gasteiger charge is -2.35. The van der Waals surface area contributed by atoms with Gasteiger partial charge in [0.15, 0.2) is 0 Å². The van der Waals surface area contributed by atoms with Crippen LogP contribution in [0.1, 0.15) is 77.1 Å². The minimum atomic E-state index is -0.947. The fourth-order valence-electron chi connectivity index (χ4n) is 3.49. The molecule has 1 rings (SSSR count). The molecule has 34 heavy (non-hydrogen) atoms. The zero-order valence-electron chi connectivity index (χ0n) is 22.0. The summed E-state index contributed by atoms with van der Waals surface area (Å²) in [7, 11) is 0. The number of carbonyl (C=O) groups excluding carboxylic acids is 3. The van der Waals surface area contributed by atoms with E-state index in [1.54, 1.807) is 20.8 Å². The van der Waals surface area contributed by atoms with Crippen LogP contribution in [0.4, 0.5) is 4.79 Å². The molecule has 2 unspecified atom stereocenters. The smallest absolute Gasteiger partial charge is 0.408 e. The van der Waals surface area contributed by atoms with Gasteiger partial charge in [0, 0.05) is 13.1 Å². The van der Waals surface area contributed by atoms with Gasteiger partial charge in [-0.05, 0) is 63.6 Å². The van der Waals surface area contributed by atoms with E-state index in [4.69, 9.17) is 4.74 Å². The van der Waals surface area contributed by atoms with Gasteiger partial charge in [-0.1, -0.05) is 45.4 Å². The van der Waals surface area contributed by atoms with Crippen LogP contribution in [0.5, 0.6) is 0 Å². The maximum absolute atomic E-state index is 13.7. The largest absolute Gasteiger partial charge is 0.444 e.